The van der Waals surface area contributed by atoms with E-state index in [1.54, 1.807) is 0 Å². The molecular formula is C10H8ClFO3. The highest BCUT2D eigenvalue weighted by atomic mass is 35.5. The first-order chi connectivity index (χ1) is 7.04. The number of ether oxygens (including phenoxy) is 1. The molecule has 0 aliphatic carbocycles. The van der Waals surface area contributed by atoms with Gasteiger partial charge in [0, 0.05) is 5.56 Å². The lowest BCUT2D eigenvalue weighted by atomic mass is 10.1. The van der Waals surface area contributed by atoms with Crippen LogP contribution in [0.4, 0.5) is 4.39 Å². The molecule has 15 heavy (non-hydrogen) atoms. The van der Waals surface area contributed by atoms with E-state index >= 15 is 0 Å². The summed E-state index contributed by atoms with van der Waals surface area (Å²) in [6, 6.07) is 3.53. The van der Waals surface area contributed by atoms with Crippen LogP contribution in [0.3, 0.4) is 0 Å². The third kappa shape index (κ3) is 3.02. The highest BCUT2D eigenvalue weighted by Gasteiger charge is 2.13. The number of hydrogen-bond donors (Lipinski definition) is 0. The van der Waals surface area contributed by atoms with Crippen LogP contribution < -0.4 is 0 Å². The molecule has 0 aromatic heterocycles. The maximum Gasteiger partial charge on any atom is 0.313 e. The molecule has 3 nitrogen and oxygen atoms in total. The number of hydrogen-bond acceptors (Lipinski definition) is 3. The Kier molecular flexibility index (Phi) is 3.80. The van der Waals surface area contributed by atoms with E-state index in [1.807, 2.05) is 0 Å². The molecule has 0 saturated heterocycles. The van der Waals surface area contributed by atoms with Crippen molar-refractivity contribution in [3.63, 3.8) is 0 Å². The first-order valence-electron chi connectivity index (χ1n) is 4.09. The number of benzene rings is 1. The Morgan fingerprint density at radius 2 is 2.13 bits per heavy atom. The smallest absolute Gasteiger partial charge is 0.313 e. The maximum absolute atomic E-state index is 12.8. The van der Waals surface area contributed by atoms with Crippen molar-refractivity contribution in [2.45, 2.75) is 6.42 Å². The van der Waals surface area contributed by atoms with Crippen molar-refractivity contribution < 1.29 is 18.7 Å². The molecule has 0 spiro atoms. The summed E-state index contributed by atoms with van der Waals surface area (Å²) in [6.45, 7) is 0. The van der Waals surface area contributed by atoms with Crippen LogP contribution in [-0.2, 0) is 9.53 Å². The van der Waals surface area contributed by atoms with Crippen molar-refractivity contribution >= 4 is 23.4 Å². The van der Waals surface area contributed by atoms with Gasteiger partial charge in [-0.1, -0.05) is 11.6 Å². The Hall–Kier alpha value is -1.42. The van der Waals surface area contributed by atoms with E-state index in [2.05, 4.69) is 4.74 Å². The zero-order valence-corrected chi connectivity index (χ0v) is 8.68. The monoisotopic (exact) mass is 230 g/mol. The molecule has 80 valence electrons. The fourth-order valence-electron chi connectivity index (χ4n) is 0.975. The quantitative estimate of drug-likeness (QED) is 0.454. The summed E-state index contributed by atoms with van der Waals surface area (Å²) in [5.41, 5.74) is 0.187. The SMILES string of the molecule is COC(=O)CC(=O)c1ccc(F)c(Cl)c1. The molecule has 0 bridgehead atoms. The first kappa shape index (κ1) is 11.7. The van der Waals surface area contributed by atoms with E-state index in [0.29, 0.717) is 0 Å². The molecule has 1 aromatic carbocycles. The van der Waals surface area contributed by atoms with Gasteiger partial charge >= 0.3 is 5.97 Å². The lowest BCUT2D eigenvalue weighted by molar-refractivity contribution is -0.139. The van der Waals surface area contributed by atoms with Crippen LogP contribution in [0.2, 0.25) is 5.02 Å². The number of esters is 1. The molecule has 5 heteroatoms. The molecule has 0 fully saturated rings. The van der Waals surface area contributed by atoms with Gasteiger partial charge in [-0.3, -0.25) is 9.59 Å². The van der Waals surface area contributed by atoms with Gasteiger partial charge < -0.3 is 4.74 Å². The topological polar surface area (TPSA) is 43.4 Å². The number of carbonyl (C=O) groups excluding carboxylic acids is 2. The normalized spacial score (nSPS) is 9.80. The van der Waals surface area contributed by atoms with Gasteiger partial charge in [-0.15, -0.1) is 0 Å². The summed E-state index contributed by atoms with van der Waals surface area (Å²) < 4.78 is 17.1. The summed E-state index contributed by atoms with van der Waals surface area (Å²) in [5, 5.41) is -0.147. The fraction of sp³-hybridized carbons (Fsp3) is 0.200. The predicted molar refractivity (Wildman–Crippen MR) is 52.4 cm³/mol. The van der Waals surface area contributed by atoms with Crippen molar-refractivity contribution in [3.8, 4) is 0 Å². The van der Waals surface area contributed by atoms with Gasteiger partial charge in [0.2, 0.25) is 0 Å². The van der Waals surface area contributed by atoms with Crippen LogP contribution in [0.1, 0.15) is 16.8 Å². The molecule has 0 aliphatic rings. The van der Waals surface area contributed by atoms with Gasteiger partial charge in [0.25, 0.3) is 0 Å². The molecule has 1 aromatic rings. The Bertz CT molecular complexity index is 404. The van der Waals surface area contributed by atoms with E-state index in [4.69, 9.17) is 11.6 Å². The molecule has 0 amide bonds. The summed E-state index contributed by atoms with van der Waals surface area (Å²) in [5.74, 6) is -1.70. The van der Waals surface area contributed by atoms with Gasteiger partial charge in [0.1, 0.15) is 12.2 Å². The summed E-state index contributed by atoms with van der Waals surface area (Å²) in [4.78, 5) is 22.2. The third-order valence-corrected chi connectivity index (χ3v) is 2.06. The Morgan fingerprint density at radius 3 is 2.67 bits per heavy atom. The number of halogens is 2. The van der Waals surface area contributed by atoms with Crippen LogP contribution >= 0.6 is 11.6 Å². The van der Waals surface area contributed by atoms with Crippen molar-refractivity contribution in [3.05, 3.63) is 34.6 Å². The van der Waals surface area contributed by atoms with E-state index in [9.17, 15) is 14.0 Å². The van der Waals surface area contributed by atoms with Crippen LogP contribution in [0, 0.1) is 5.82 Å². The second-order valence-corrected chi connectivity index (χ2v) is 3.21. The molecule has 1 rings (SSSR count). The van der Waals surface area contributed by atoms with E-state index in [1.165, 1.54) is 19.2 Å². The standard InChI is InChI=1S/C10H8ClFO3/c1-15-10(14)5-9(13)6-2-3-8(12)7(11)4-6/h2-4H,5H2,1H3. The van der Waals surface area contributed by atoms with E-state index in [0.717, 1.165) is 6.07 Å². The molecule has 0 saturated carbocycles. The molecule has 0 heterocycles. The Balaban J connectivity index is 2.83. The van der Waals surface area contributed by atoms with E-state index < -0.39 is 17.6 Å². The largest absolute Gasteiger partial charge is 0.469 e. The van der Waals surface area contributed by atoms with Crippen LogP contribution in [-0.4, -0.2) is 18.9 Å². The van der Waals surface area contributed by atoms with Crippen molar-refractivity contribution in [2.24, 2.45) is 0 Å². The zero-order valence-electron chi connectivity index (χ0n) is 7.92. The van der Waals surface area contributed by atoms with Gasteiger partial charge in [-0.25, -0.2) is 4.39 Å². The number of Topliss-reactive ketones (excluding diaryl/α,β-unsaturated/α-hetero) is 1. The molecule has 0 radical (unpaired) electrons. The van der Waals surface area contributed by atoms with E-state index in [-0.39, 0.29) is 17.0 Å². The van der Waals surface area contributed by atoms with Gasteiger partial charge in [0.15, 0.2) is 5.78 Å². The third-order valence-electron chi connectivity index (χ3n) is 1.77. The molecule has 0 N–H and O–H groups in total. The average Bonchev–Trinajstić information content (AvgIpc) is 2.21. The van der Waals surface area contributed by atoms with Crippen LogP contribution in [0.15, 0.2) is 18.2 Å². The lowest BCUT2D eigenvalue weighted by Gasteiger charge is -2.01. The summed E-state index contributed by atoms with van der Waals surface area (Å²) in [7, 11) is 1.19. The van der Waals surface area contributed by atoms with Crippen molar-refractivity contribution in [1.29, 1.82) is 0 Å². The minimum absolute atomic E-state index is 0.147. The molecular weight excluding hydrogens is 223 g/mol. The summed E-state index contributed by atoms with van der Waals surface area (Å²) in [6.07, 6.45) is -0.377. The molecule has 0 aliphatic heterocycles. The van der Waals surface area contributed by atoms with Gasteiger partial charge in [-0.05, 0) is 18.2 Å². The lowest BCUT2D eigenvalue weighted by Crippen LogP contribution is -2.09. The van der Waals surface area contributed by atoms with Crippen LogP contribution in [0.5, 0.6) is 0 Å². The second-order valence-electron chi connectivity index (χ2n) is 2.80. The molecule has 0 atom stereocenters. The first-order valence-corrected chi connectivity index (χ1v) is 4.47. The Labute approximate surface area is 90.8 Å². The zero-order chi connectivity index (χ0) is 11.4. The number of carbonyl (C=O) groups is 2. The maximum atomic E-state index is 12.8. The van der Waals surface area contributed by atoms with Crippen molar-refractivity contribution in [1.82, 2.24) is 0 Å². The van der Waals surface area contributed by atoms with Crippen LogP contribution in [0.25, 0.3) is 0 Å². The minimum Gasteiger partial charge on any atom is -0.469 e. The highest BCUT2D eigenvalue weighted by Crippen LogP contribution is 2.17. The minimum atomic E-state index is -0.638. The fourth-order valence-corrected chi connectivity index (χ4v) is 1.16. The molecule has 0 unspecified atom stereocenters. The second kappa shape index (κ2) is 4.89. The van der Waals surface area contributed by atoms with Gasteiger partial charge in [-0.2, -0.15) is 0 Å². The van der Waals surface area contributed by atoms with Gasteiger partial charge in [0.05, 0.1) is 12.1 Å². The number of ketones is 1. The van der Waals surface area contributed by atoms with Crippen molar-refractivity contribution in [2.75, 3.05) is 7.11 Å². The number of methoxy groups -OCH3 is 1. The predicted octanol–water partition coefficient (Wildman–Crippen LogP) is 2.22. The summed E-state index contributed by atoms with van der Waals surface area (Å²) >= 11 is 5.48. The highest BCUT2D eigenvalue weighted by molar-refractivity contribution is 6.31. The Morgan fingerprint density at radius 1 is 1.47 bits per heavy atom. The average molecular weight is 231 g/mol. The number of rotatable bonds is 3.